The van der Waals surface area contributed by atoms with E-state index in [4.69, 9.17) is 24.8 Å². The van der Waals surface area contributed by atoms with Crippen LogP contribution in [0.1, 0.15) is 232 Å². The minimum Gasteiger partial charge on any atom is -0.480 e. The first kappa shape index (κ1) is 59.7. The number of ether oxygens (including phenoxy) is 2. The van der Waals surface area contributed by atoms with Gasteiger partial charge in [-0.3, -0.25) is 23.4 Å². The Labute approximate surface area is 378 Å². The monoisotopic (exact) mass is 898 g/mol. The number of phosphoric ester groups is 1. The van der Waals surface area contributed by atoms with Gasteiger partial charge in [-0.15, -0.1) is 0 Å². The van der Waals surface area contributed by atoms with Crippen molar-refractivity contribution in [2.24, 2.45) is 5.73 Å². The van der Waals surface area contributed by atoms with Crippen LogP contribution in [0.15, 0.2) is 36.5 Å². The van der Waals surface area contributed by atoms with Crippen molar-refractivity contribution in [2.75, 3.05) is 19.8 Å². The first-order valence-corrected chi connectivity index (χ1v) is 26.5. The van der Waals surface area contributed by atoms with Gasteiger partial charge in [-0.05, 0) is 44.9 Å². The molecule has 0 aromatic rings. The van der Waals surface area contributed by atoms with E-state index in [0.717, 1.165) is 38.5 Å². The van der Waals surface area contributed by atoms with E-state index >= 15 is 0 Å². The zero-order valence-electron chi connectivity index (χ0n) is 39.5. The lowest BCUT2D eigenvalue weighted by Gasteiger charge is -2.20. The molecule has 11 nitrogen and oxygen atoms in total. The minimum atomic E-state index is -4.73. The third-order valence-corrected chi connectivity index (χ3v) is 11.8. The highest BCUT2D eigenvalue weighted by molar-refractivity contribution is 7.47. The van der Waals surface area contributed by atoms with Crippen LogP contribution in [0.25, 0.3) is 0 Å². The number of nitrogens with two attached hydrogens (primary N) is 1. The Hall–Kier alpha value is -2.30. The maximum absolute atomic E-state index is 12.6. The summed E-state index contributed by atoms with van der Waals surface area (Å²) < 4.78 is 32.8. The lowest BCUT2D eigenvalue weighted by atomic mass is 10.0. The summed E-state index contributed by atoms with van der Waals surface area (Å²) in [5.74, 6) is -2.43. The highest BCUT2D eigenvalue weighted by atomic mass is 31.2. The predicted octanol–water partition coefficient (Wildman–Crippen LogP) is 14.0. The number of unbranched alkanes of at least 4 members (excludes halogenated alkanes) is 27. The quantitative estimate of drug-likeness (QED) is 0.0230. The average Bonchev–Trinajstić information content (AvgIpc) is 3.25. The average molecular weight is 898 g/mol. The van der Waals surface area contributed by atoms with Crippen LogP contribution in [0, 0.1) is 0 Å². The van der Waals surface area contributed by atoms with Gasteiger partial charge in [-0.2, -0.15) is 0 Å². The van der Waals surface area contributed by atoms with Gasteiger partial charge >= 0.3 is 25.7 Å². The third kappa shape index (κ3) is 44.3. The molecule has 0 bridgehead atoms. The van der Waals surface area contributed by atoms with E-state index < -0.39 is 51.1 Å². The summed E-state index contributed by atoms with van der Waals surface area (Å²) in [6.45, 7) is 2.78. The molecule has 362 valence electrons. The zero-order valence-corrected chi connectivity index (χ0v) is 40.4. The number of carbonyl (C=O) groups excluding carboxylic acids is 2. The van der Waals surface area contributed by atoms with E-state index in [1.165, 1.54) is 148 Å². The van der Waals surface area contributed by atoms with E-state index in [0.29, 0.717) is 19.3 Å². The molecule has 0 rings (SSSR count). The molecule has 4 N–H and O–H groups in total. The Morgan fingerprint density at radius 2 is 0.871 bits per heavy atom. The van der Waals surface area contributed by atoms with Crippen molar-refractivity contribution >= 4 is 25.7 Å². The molecule has 0 aliphatic heterocycles. The number of aliphatic carboxylic acids is 1. The van der Waals surface area contributed by atoms with E-state index in [2.05, 4.69) is 48.8 Å². The molecule has 0 amide bonds. The second-order valence-electron chi connectivity index (χ2n) is 17.0. The molecule has 0 saturated heterocycles. The molecule has 0 aliphatic carbocycles. The van der Waals surface area contributed by atoms with Gasteiger partial charge in [0, 0.05) is 12.8 Å². The lowest BCUT2D eigenvalue weighted by Crippen LogP contribution is -2.34. The van der Waals surface area contributed by atoms with E-state index in [-0.39, 0.29) is 19.4 Å². The number of carboxylic acids is 1. The van der Waals surface area contributed by atoms with Gasteiger partial charge in [0.2, 0.25) is 0 Å². The first-order chi connectivity index (χ1) is 30.1. The van der Waals surface area contributed by atoms with Crippen LogP contribution in [-0.4, -0.2) is 59.9 Å². The fraction of sp³-hybridized carbons (Fsp3) is 0.820. The van der Waals surface area contributed by atoms with E-state index in [1.807, 2.05) is 6.08 Å². The number of rotatable bonds is 47. The van der Waals surface area contributed by atoms with Gasteiger partial charge in [0.15, 0.2) is 6.10 Å². The van der Waals surface area contributed by atoms with Crippen molar-refractivity contribution in [3.63, 3.8) is 0 Å². The first-order valence-electron chi connectivity index (χ1n) is 25.0. The molecule has 0 spiro atoms. The normalized spacial score (nSPS) is 13.9. The van der Waals surface area contributed by atoms with Crippen molar-refractivity contribution in [2.45, 2.75) is 244 Å². The maximum atomic E-state index is 12.6. The zero-order chi connectivity index (χ0) is 45.6. The standard InChI is InChI=1S/C50H92NO10P/c1-3-5-7-9-11-13-15-17-19-21-22-23-24-26-27-29-31-33-35-37-39-41-48(52)58-43-46(44-59-62(56,57)60-45-47(51)50(54)55)61-49(53)42-40-38-36-34-32-30-28-25-20-18-16-14-12-10-8-6-4-2/h18,20,28,30,34,36,46-47H,3-17,19,21-27,29,31-33,35,37-45,51H2,1-2H3,(H,54,55)(H,56,57)/b20-18-,30-28-,36-34-/t46-,47+/m1/s1. The molecular formula is C50H92NO10P. The van der Waals surface area contributed by atoms with Crippen molar-refractivity contribution in [3.05, 3.63) is 36.5 Å². The second kappa shape index (κ2) is 45.3. The van der Waals surface area contributed by atoms with Gasteiger partial charge < -0.3 is 25.2 Å². The second-order valence-corrected chi connectivity index (χ2v) is 18.4. The van der Waals surface area contributed by atoms with Crippen LogP contribution in [0.2, 0.25) is 0 Å². The van der Waals surface area contributed by atoms with E-state index in [1.54, 1.807) is 0 Å². The molecule has 1 unspecified atom stereocenters. The molecule has 0 saturated carbocycles. The Morgan fingerprint density at radius 3 is 1.32 bits per heavy atom. The molecule has 0 fully saturated rings. The summed E-state index contributed by atoms with van der Waals surface area (Å²) in [4.78, 5) is 46.1. The Bertz CT molecular complexity index is 1190. The van der Waals surface area contributed by atoms with Gasteiger partial charge in [0.1, 0.15) is 12.6 Å². The Morgan fingerprint density at radius 1 is 0.500 bits per heavy atom. The van der Waals surface area contributed by atoms with E-state index in [9.17, 15) is 23.8 Å². The van der Waals surface area contributed by atoms with Crippen molar-refractivity contribution in [1.29, 1.82) is 0 Å². The Balaban J connectivity index is 4.29. The lowest BCUT2D eigenvalue weighted by molar-refractivity contribution is -0.161. The molecule has 62 heavy (non-hydrogen) atoms. The summed E-state index contributed by atoms with van der Waals surface area (Å²) in [6, 6.07) is -1.53. The predicted molar refractivity (Wildman–Crippen MR) is 254 cm³/mol. The van der Waals surface area contributed by atoms with Crippen LogP contribution < -0.4 is 5.73 Å². The van der Waals surface area contributed by atoms with Crippen molar-refractivity contribution in [3.8, 4) is 0 Å². The molecule has 0 aliphatic rings. The van der Waals surface area contributed by atoms with Gasteiger partial charge in [0.05, 0.1) is 13.2 Å². The molecule has 3 atom stereocenters. The summed E-state index contributed by atoms with van der Waals surface area (Å²) in [5.41, 5.74) is 5.34. The van der Waals surface area contributed by atoms with Gasteiger partial charge in [0.25, 0.3) is 0 Å². The SMILES string of the molecule is CCCCCCCC/C=C\C/C=C\C/C=C\CCCC(=O)O[C@H](COC(=O)CCCCCCCCCCCCCCCCCCCCCCC)COP(=O)(O)OC[C@H](N)C(=O)O. The topological polar surface area (TPSA) is 172 Å². The van der Waals surface area contributed by atoms with Crippen LogP contribution in [-0.2, 0) is 37.5 Å². The number of allylic oxidation sites excluding steroid dienone is 6. The molecule has 12 heteroatoms. The highest BCUT2D eigenvalue weighted by Crippen LogP contribution is 2.43. The summed E-state index contributed by atoms with van der Waals surface area (Å²) in [5, 5.41) is 8.91. The van der Waals surface area contributed by atoms with Crippen LogP contribution >= 0.6 is 7.82 Å². The molecular weight excluding hydrogens is 806 g/mol. The summed E-state index contributed by atoms with van der Waals surface area (Å²) >= 11 is 0. The smallest absolute Gasteiger partial charge is 0.472 e. The van der Waals surface area contributed by atoms with Gasteiger partial charge in [-0.25, -0.2) is 4.57 Å². The molecule has 0 heterocycles. The fourth-order valence-corrected chi connectivity index (χ4v) is 7.74. The molecule has 0 aromatic heterocycles. The van der Waals surface area contributed by atoms with Crippen LogP contribution in [0.3, 0.4) is 0 Å². The maximum Gasteiger partial charge on any atom is 0.472 e. The number of carboxylic acid groups (broad SMARTS) is 1. The van der Waals surface area contributed by atoms with Crippen molar-refractivity contribution < 1.29 is 47.5 Å². The summed E-state index contributed by atoms with van der Waals surface area (Å²) in [7, 11) is -4.73. The third-order valence-electron chi connectivity index (χ3n) is 10.9. The van der Waals surface area contributed by atoms with Gasteiger partial charge in [-0.1, -0.05) is 211 Å². The number of hydrogen-bond acceptors (Lipinski definition) is 9. The fourth-order valence-electron chi connectivity index (χ4n) is 6.97. The minimum absolute atomic E-state index is 0.0915. The largest absolute Gasteiger partial charge is 0.480 e. The van der Waals surface area contributed by atoms with Crippen LogP contribution in [0.5, 0.6) is 0 Å². The van der Waals surface area contributed by atoms with Crippen LogP contribution in [0.4, 0.5) is 0 Å². The number of phosphoric acid groups is 1. The number of carbonyl (C=O) groups is 3. The highest BCUT2D eigenvalue weighted by Gasteiger charge is 2.28. The van der Waals surface area contributed by atoms with Crippen molar-refractivity contribution in [1.82, 2.24) is 0 Å². The Kier molecular flexibility index (Phi) is 43.6. The summed E-state index contributed by atoms with van der Waals surface area (Å²) in [6.07, 6.45) is 50.8. The number of esters is 2. The molecule has 0 aromatic carbocycles. The number of hydrogen-bond donors (Lipinski definition) is 3. The molecule has 0 radical (unpaired) electrons.